The number of carbonyl (C=O) groups excluding carboxylic acids is 1. The Hall–Kier alpha value is -2.48. The Balaban J connectivity index is 1.61. The van der Waals surface area contributed by atoms with Crippen LogP contribution in [0.5, 0.6) is 5.88 Å². The molecule has 1 fully saturated rings. The van der Waals surface area contributed by atoms with Gasteiger partial charge in [0.05, 0.1) is 12.2 Å². The number of hydrogen-bond donors (Lipinski definition) is 0. The van der Waals surface area contributed by atoms with Crippen LogP contribution in [0, 0.1) is 6.92 Å². The fourth-order valence-corrected chi connectivity index (χ4v) is 2.86. The molecule has 1 aliphatic heterocycles. The summed E-state index contributed by atoms with van der Waals surface area (Å²) in [6, 6.07) is 3.44. The summed E-state index contributed by atoms with van der Waals surface area (Å²) in [7, 11) is 1.61. The highest BCUT2D eigenvalue weighted by Crippen LogP contribution is 2.26. The highest BCUT2D eigenvalue weighted by atomic mass is 16.5. The first-order chi connectivity index (χ1) is 12.2. The molecule has 0 aromatic carbocycles. The van der Waals surface area contributed by atoms with Gasteiger partial charge in [0.15, 0.2) is 5.82 Å². The molecule has 0 saturated carbocycles. The van der Waals surface area contributed by atoms with Gasteiger partial charge in [0.25, 0.3) is 5.91 Å². The Kier molecular flexibility index (Phi) is 5.60. The van der Waals surface area contributed by atoms with E-state index in [4.69, 9.17) is 14.0 Å². The van der Waals surface area contributed by atoms with Crippen molar-refractivity contribution in [2.45, 2.75) is 25.7 Å². The van der Waals surface area contributed by atoms with E-state index in [1.165, 1.54) is 0 Å². The van der Waals surface area contributed by atoms with E-state index in [-0.39, 0.29) is 11.8 Å². The first-order valence-electron chi connectivity index (χ1n) is 8.34. The zero-order valence-corrected chi connectivity index (χ0v) is 14.5. The number of likely N-dealkylation sites (tertiary alicyclic amines) is 1. The summed E-state index contributed by atoms with van der Waals surface area (Å²) in [6.45, 7) is 3.99. The summed E-state index contributed by atoms with van der Waals surface area (Å²) in [5.74, 6) is 1.77. The van der Waals surface area contributed by atoms with Gasteiger partial charge in [0.1, 0.15) is 6.61 Å². The number of ether oxygens (including phenoxy) is 2. The van der Waals surface area contributed by atoms with Gasteiger partial charge in [-0.3, -0.25) is 4.79 Å². The molecule has 3 rings (SSSR count). The van der Waals surface area contributed by atoms with Crippen molar-refractivity contribution in [1.29, 1.82) is 0 Å². The molecule has 0 radical (unpaired) electrons. The first kappa shape index (κ1) is 17.3. The highest BCUT2D eigenvalue weighted by molar-refractivity contribution is 5.94. The lowest BCUT2D eigenvalue weighted by Gasteiger charge is -2.31. The summed E-state index contributed by atoms with van der Waals surface area (Å²) in [5.41, 5.74) is 0.545. The predicted octanol–water partition coefficient (Wildman–Crippen LogP) is 1.82. The third-order valence-corrected chi connectivity index (χ3v) is 4.14. The van der Waals surface area contributed by atoms with Gasteiger partial charge in [0.2, 0.25) is 11.8 Å². The Bertz CT molecular complexity index is 701. The van der Waals surface area contributed by atoms with E-state index in [9.17, 15) is 4.79 Å². The van der Waals surface area contributed by atoms with Crippen LogP contribution in [0.3, 0.4) is 0 Å². The van der Waals surface area contributed by atoms with Crippen LogP contribution in [0.4, 0.5) is 0 Å². The van der Waals surface area contributed by atoms with Crippen LogP contribution in [-0.4, -0.2) is 59.3 Å². The number of pyridine rings is 1. The maximum absolute atomic E-state index is 12.7. The number of aryl methyl sites for hydroxylation is 1. The number of aromatic nitrogens is 3. The van der Waals surface area contributed by atoms with E-state index in [0.717, 1.165) is 19.4 Å². The normalized spacial score (nSPS) is 17.5. The standard InChI is InChI=1S/C17H22N4O4/c1-12-19-16(20-25-12)14-4-3-7-21(11-14)17(22)13-5-6-15(18-10-13)24-9-8-23-2/h5-6,10,14H,3-4,7-9,11H2,1-2H3. The van der Waals surface area contributed by atoms with Crippen molar-refractivity contribution in [3.8, 4) is 5.88 Å². The molecular weight excluding hydrogens is 324 g/mol. The van der Waals surface area contributed by atoms with Crippen molar-refractivity contribution >= 4 is 5.91 Å². The first-order valence-corrected chi connectivity index (χ1v) is 8.34. The Labute approximate surface area is 146 Å². The van der Waals surface area contributed by atoms with Gasteiger partial charge in [-0.2, -0.15) is 4.98 Å². The minimum atomic E-state index is -0.0409. The molecule has 1 aliphatic rings. The molecule has 25 heavy (non-hydrogen) atoms. The van der Waals surface area contributed by atoms with Crippen molar-refractivity contribution in [2.75, 3.05) is 33.4 Å². The van der Waals surface area contributed by atoms with Crippen LogP contribution in [0.15, 0.2) is 22.9 Å². The quantitative estimate of drug-likeness (QED) is 0.737. The Morgan fingerprint density at radius 2 is 2.28 bits per heavy atom. The van der Waals surface area contributed by atoms with Crippen LogP contribution in [0.1, 0.15) is 40.8 Å². The number of nitrogens with zero attached hydrogens (tertiary/aromatic N) is 4. The molecule has 0 N–H and O–H groups in total. The van der Waals surface area contributed by atoms with Crippen molar-refractivity contribution in [1.82, 2.24) is 20.0 Å². The number of piperidine rings is 1. The molecule has 8 nitrogen and oxygen atoms in total. The Morgan fingerprint density at radius 3 is 2.96 bits per heavy atom. The van der Waals surface area contributed by atoms with E-state index >= 15 is 0 Å². The van der Waals surface area contributed by atoms with Gasteiger partial charge in [-0.05, 0) is 18.9 Å². The number of hydrogen-bond acceptors (Lipinski definition) is 7. The molecule has 2 aromatic rings. The van der Waals surface area contributed by atoms with Crippen molar-refractivity contribution < 1.29 is 18.8 Å². The van der Waals surface area contributed by atoms with Gasteiger partial charge < -0.3 is 18.9 Å². The maximum atomic E-state index is 12.7. The fourth-order valence-electron chi connectivity index (χ4n) is 2.86. The Morgan fingerprint density at radius 1 is 1.40 bits per heavy atom. The molecule has 0 aliphatic carbocycles. The van der Waals surface area contributed by atoms with Crippen molar-refractivity contribution in [3.63, 3.8) is 0 Å². The lowest BCUT2D eigenvalue weighted by Crippen LogP contribution is -2.39. The van der Waals surface area contributed by atoms with Crippen molar-refractivity contribution in [2.24, 2.45) is 0 Å². The summed E-state index contributed by atoms with van der Waals surface area (Å²) in [6.07, 6.45) is 3.41. The summed E-state index contributed by atoms with van der Waals surface area (Å²) < 4.78 is 15.4. The second kappa shape index (κ2) is 8.06. The third-order valence-electron chi connectivity index (χ3n) is 4.14. The number of carbonyl (C=O) groups is 1. The molecule has 134 valence electrons. The largest absolute Gasteiger partial charge is 0.475 e. The molecule has 1 atom stereocenters. The van der Waals surface area contributed by atoms with Crippen LogP contribution < -0.4 is 4.74 Å². The van der Waals surface area contributed by atoms with E-state index in [1.54, 1.807) is 32.4 Å². The summed E-state index contributed by atoms with van der Waals surface area (Å²) in [4.78, 5) is 23.0. The van der Waals surface area contributed by atoms with Crippen LogP contribution in [0.2, 0.25) is 0 Å². The van der Waals surface area contributed by atoms with Crippen molar-refractivity contribution in [3.05, 3.63) is 35.6 Å². The zero-order valence-electron chi connectivity index (χ0n) is 14.5. The third kappa shape index (κ3) is 4.33. The van der Waals surface area contributed by atoms with Gasteiger partial charge in [0, 0.05) is 45.3 Å². The molecule has 1 saturated heterocycles. The number of amides is 1. The fraction of sp³-hybridized carbons (Fsp3) is 0.529. The molecule has 3 heterocycles. The van der Waals surface area contributed by atoms with E-state index in [1.807, 2.05) is 4.90 Å². The average molecular weight is 346 g/mol. The molecule has 2 aromatic heterocycles. The maximum Gasteiger partial charge on any atom is 0.255 e. The molecule has 0 bridgehead atoms. The molecule has 1 amide bonds. The van der Waals surface area contributed by atoms with Gasteiger partial charge in [-0.1, -0.05) is 5.16 Å². The van der Waals surface area contributed by atoms with E-state index < -0.39 is 0 Å². The monoisotopic (exact) mass is 346 g/mol. The lowest BCUT2D eigenvalue weighted by molar-refractivity contribution is 0.0703. The zero-order chi connectivity index (χ0) is 17.6. The van der Waals surface area contributed by atoms with Crippen LogP contribution in [-0.2, 0) is 4.74 Å². The summed E-state index contributed by atoms with van der Waals surface area (Å²) in [5, 5.41) is 3.99. The van der Waals surface area contributed by atoms with Gasteiger partial charge >= 0.3 is 0 Å². The van der Waals surface area contributed by atoms with Crippen LogP contribution in [0.25, 0.3) is 0 Å². The van der Waals surface area contributed by atoms with Crippen LogP contribution >= 0.6 is 0 Å². The molecule has 8 heteroatoms. The van der Waals surface area contributed by atoms with Gasteiger partial charge in [-0.15, -0.1) is 0 Å². The number of methoxy groups -OCH3 is 1. The number of rotatable bonds is 6. The predicted molar refractivity (Wildman–Crippen MR) is 88.5 cm³/mol. The lowest BCUT2D eigenvalue weighted by atomic mass is 9.97. The molecular formula is C17H22N4O4. The summed E-state index contributed by atoms with van der Waals surface area (Å²) >= 11 is 0. The molecule has 1 unspecified atom stereocenters. The highest BCUT2D eigenvalue weighted by Gasteiger charge is 2.28. The SMILES string of the molecule is COCCOc1ccc(C(=O)N2CCCC(c3noc(C)n3)C2)cn1. The van der Waals surface area contributed by atoms with E-state index in [0.29, 0.717) is 42.9 Å². The minimum Gasteiger partial charge on any atom is -0.475 e. The second-order valence-corrected chi connectivity index (χ2v) is 5.99. The smallest absolute Gasteiger partial charge is 0.255 e. The minimum absolute atomic E-state index is 0.0409. The topological polar surface area (TPSA) is 90.6 Å². The van der Waals surface area contributed by atoms with Gasteiger partial charge in [-0.25, -0.2) is 4.98 Å². The average Bonchev–Trinajstić information content (AvgIpc) is 3.08. The second-order valence-electron chi connectivity index (χ2n) is 5.99. The molecule has 0 spiro atoms. The van der Waals surface area contributed by atoms with E-state index in [2.05, 4.69) is 15.1 Å².